The first kappa shape index (κ1) is 12.3. The number of ether oxygens (including phenoxy) is 1. The summed E-state index contributed by atoms with van der Waals surface area (Å²) in [7, 11) is 0. The summed E-state index contributed by atoms with van der Waals surface area (Å²) < 4.78 is 5.54. The maximum absolute atomic E-state index is 6.11. The van der Waals surface area contributed by atoms with Gasteiger partial charge in [0.1, 0.15) is 5.75 Å². The largest absolute Gasteiger partial charge is 0.492 e. The number of benzene rings is 1. The number of nitrogens with two attached hydrogens (primary N) is 1. The molecule has 0 aliphatic heterocycles. The van der Waals surface area contributed by atoms with Crippen molar-refractivity contribution in [1.82, 2.24) is 0 Å². The first-order valence-corrected chi connectivity index (χ1v) is 5.68. The molecule has 2 N–H and O–H groups in total. The highest BCUT2D eigenvalue weighted by molar-refractivity contribution is 6.32. The normalized spacial score (nSPS) is 10.4. The molecule has 0 aliphatic rings. The molecule has 2 nitrogen and oxygen atoms in total. The molecule has 1 aromatic carbocycles. The van der Waals surface area contributed by atoms with Crippen LogP contribution in [0.5, 0.6) is 5.75 Å². The molecular formula is C12H18ClNO. The van der Waals surface area contributed by atoms with Gasteiger partial charge in [-0.1, -0.05) is 18.5 Å². The minimum atomic E-state index is 0.645. The monoisotopic (exact) mass is 227 g/mol. The Bertz CT molecular complexity index is 326. The lowest BCUT2D eigenvalue weighted by molar-refractivity contribution is 0.317. The van der Waals surface area contributed by atoms with E-state index in [0.717, 1.165) is 18.6 Å². The van der Waals surface area contributed by atoms with Gasteiger partial charge in [-0.3, -0.25) is 0 Å². The summed E-state index contributed by atoms with van der Waals surface area (Å²) in [6, 6.07) is 3.94. The molecule has 0 unspecified atom stereocenters. The number of rotatable bonds is 5. The van der Waals surface area contributed by atoms with E-state index >= 15 is 0 Å². The zero-order valence-electron chi connectivity index (χ0n) is 9.35. The molecule has 0 aromatic heterocycles. The van der Waals surface area contributed by atoms with Crippen LogP contribution in [0.3, 0.4) is 0 Å². The first-order valence-electron chi connectivity index (χ1n) is 5.31. The van der Waals surface area contributed by atoms with Gasteiger partial charge in [-0.25, -0.2) is 0 Å². The fraction of sp³-hybridized carbons (Fsp3) is 0.500. The average molecular weight is 228 g/mol. The van der Waals surface area contributed by atoms with Crippen molar-refractivity contribution in [2.75, 3.05) is 13.2 Å². The van der Waals surface area contributed by atoms with E-state index in [1.165, 1.54) is 11.1 Å². The third-order valence-electron chi connectivity index (χ3n) is 2.27. The van der Waals surface area contributed by atoms with E-state index in [0.29, 0.717) is 18.2 Å². The van der Waals surface area contributed by atoms with Gasteiger partial charge < -0.3 is 10.5 Å². The number of hydrogen-bond donors (Lipinski definition) is 1. The van der Waals surface area contributed by atoms with Gasteiger partial charge in [0.2, 0.25) is 0 Å². The van der Waals surface area contributed by atoms with E-state index in [1.54, 1.807) is 0 Å². The van der Waals surface area contributed by atoms with Crippen LogP contribution in [0.25, 0.3) is 0 Å². The molecular weight excluding hydrogens is 210 g/mol. The van der Waals surface area contributed by atoms with Gasteiger partial charge in [0.05, 0.1) is 11.6 Å². The molecule has 0 heterocycles. The third-order valence-corrected chi connectivity index (χ3v) is 2.56. The SMILES string of the molecule is CCCOc1cc(C)c(CCN)cc1Cl. The van der Waals surface area contributed by atoms with Gasteiger partial charge in [0, 0.05) is 0 Å². The summed E-state index contributed by atoms with van der Waals surface area (Å²) in [6.07, 6.45) is 1.85. The van der Waals surface area contributed by atoms with Crippen molar-refractivity contribution in [1.29, 1.82) is 0 Å². The van der Waals surface area contributed by atoms with Crippen LogP contribution in [0.1, 0.15) is 24.5 Å². The maximum Gasteiger partial charge on any atom is 0.138 e. The number of hydrogen-bond acceptors (Lipinski definition) is 2. The van der Waals surface area contributed by atoms with E-state index in [-0.39, 0.29) is 0 Å². The fourth-order valence-corrected chi connectivity index (χ4v) is 1.68. The summed E-state index contributed by atoms with van der Waals surface area (Å²) in [5.74, 6) is 0.775. The molecule has 0 atom stereocenters. The summed E-state index contributed by atoms with van der Waals surface area (Å²) in [5, 5.41) is 0.678. The second kappa shape index (κ2) is 5.99. The quantitative estimate of drug-likeness (QED) is 0.840. The Hall–Kier alpha value is -0.730. The Morgan fingerprint density at radius 3 is 2.73 bits per heavy atom. The highest BCUT2D eigenvalue weighted by Gasteiger charge is 2.06. The topological polar surface area (TPSA) is 35.2 Å². The van der Waals surface area contributed by atoms with Crippen molar-refractivity contribution in [2.45, 2.75) is 26.7 Å². The second-order valence-corrected chi connectivity index (χ2v) is 4.00. The van der Waals surface area contributed by atoms with Gasteiger partial charge in [-0.05, 0) is 49.6 Å². The predicted molar refractivity (Wildman–Crippen MR) is 64.7 cm³/mol. The van der Waals surface area contributed by atoms with Crippen LogP contribution in [-0.4, -0.2) is 13.2 Å². The third kappa shape index (κ3) is 3.40. The van der Waals surface area contributed by atoms with Crippen molar-refractivity contribution in [3.05, 3.63) is 28.3 Å². The Morgan fingerprint density at radius 2 is 2.13 bits per heavy atom. The minimum absolute atomic E-state index is 0.645. The van der Waals surface area contributed by atoms with Gasteiger partial charge >= 0.3 is 0 Å². The molecule has 84 valence electrons. The summed E-state index contributed by atoms with van der Waals surface area (Å²) in [6.45, 7) is 5.48. The zero-order chi connectivity index (χ0) is 11.3. The maximum atomic E-state index is 6.11. The second-order valence-electron chi connectivity index (χ2n) is 3.60. The Balaban J connectivity index is 2.87. The molecule has 0 aliphatic carbocycles. The highest BCUT2D eigenvalue weighted by atomic mass is 35.5. The Morgan fingerprint density at radius 1 is 1.40 bits per heavy atom. The van der Waals surface area contributed by atoms with Crippen LogP contribution in [0.15, 0.2) is 12.1 Å². The van der Waals surface area contributed by atoms with Gasteiger partial charge in [0.25, 0.3) is 0 Å². The van der Waals surface area contributed by atoms with Crippen molar-refractivity contribution >= 4 is 11.6 Å². The molecule has 0 saturated heterocycles. The van der Waals surface area contributed by atoms with Crippen LogP contribution in [0.2, 0.25) is 5.02 Å². The average Bonchev–Trinajstić information content (AvgIpc) is 2.21. The van der Waals surface area contributed by atoms with E-state index < -0.39 is 0 Å². The van der Waals surface area contributed by atoms with Crippen LogP contribution in [0, 0.1) is 6.92 Å². The number of halogens is 1. The zero-order valence-corrected chi connectivity index (χ0v) is 10.1. The smallest absolute Gasteiger partial charge is 0.138 e. The number of aryl methyl sites for hydroxylation is 1. The summed E-state index contributed by atoms with van der Waals surface area (Å²) >= 11 is 6.11. The molecule has 0 amide bonds. The van der Waals surface area contributed by atoms with E-state index in [2.05, 4.69) is 13.8 Å². The van der Waals surface area contributed by atoms with Crippen LogP contribution < -0.4 is 10.5 Å². The van der Waals surface area contributed by atoms with Crippen molar-refractivity contribution in [2.24, 2.45) is 5.73 Å². The van der Waals surface area contributed by atoms with Crippen LogP contribution in [0.4, 0.5) is 0 Å². The highest BCUT2D eigenvalue weighted by Crippen LogP contribution is 2.28. The minimum Gasteiger partial charge on any atom is -0.492 e. The van der Waals surface area contributed by atoms with Crippen molar-refractivity contribution in [3.8, 4) is 5.75 Å². The van der Waals surface area contributed by atoms with Gasteiger partial charge in [-0.15, -0.1) is 0 Å². The molecule has 3 heteroatoms. The molecule has 1 aromatic rings. The lowest BCUT2D eigenvalue weighted by Crippen LogP contribution is -2.05. The predicted octanol–water partition coefficient (Wildman–Crippen LogP) is 2.94. The Kier molecular flexibility index (Phi) is 4.92. The van der Waals surface area contributed by atoms with Crippen molar-refractivity contribution < 1.29 is 4.74 Å². The first-order chi connectivity index (χ1) is 7.19. The fourth-order valence-electron chi connectivity index (χ4n) is 1.44. The van der Waals surface area contributed by atoms with E-state index in [1.807, 2.05) is 12.1 Å². The van der Waals surface area contributed by atoms with Crippen LogP contribution >= 0.6 is 11.6 Å². The molecule has 0 spiro atoms. The molecule has 0 radical (unpaired) electrons. The summed E-state index contributed by atoms with van der Waals surface area (Å²) in [4.78, 5) is 0. The summed E-state index contributed by atoms with van der Waals surface area (Å²) in [5.41, 5.74) is 7.91. The molecule has 0 fully saturated rings. The van der Waals surface area contributed by atoms with E-state index in [4.69, 9.17) is 22.1 Å². The van der Waals surface area contributed by atoms with Gasteiger partial charge in [0.15, 0.2) is 0 Å². The Labute approximate surface area is 96.4 Å². The molecule has 0 bridgehead atoms. The molecule has 1 rings (SSSR count). The lowest BCUT2D eigenvalue weighted by Gasteiger charge is -2.11. The van der Waals surface area contributed by atoms with Gasteiger partial charge in [-0.2, -0.15) is 0 Å². The van der Waals surface area contributed by atoms with Crippen LogP contribution in [-0.2, 0) is 6.42 Å². The lowest BCUT2D eigenvalue weighted by atomic mass is 10.1. The molecule has 15 heavy (non-hydrogen) atoms. The van der Waals surface area contributed by atoms with E-state index in [9.17, 15) is 0 Å². The molecule has 0 saturated carbocycles. The standard InChI is InChI=1S/C12H18ClNO/c1-3-6-15-12-7-9(2)10(4-5-14)8-11(12)13/h7-8H,3-6,14H2,1-2H3. The van der Waals surface area contributed by atoms with Crippen molar-refractivity contribution in [3.63, 3.8) is 0 Å².